The molecular formula is C17H28N2. The molecule has 0 atom stereocenters. The van der Waals surface area contributed by atoms with E-state index in [9.17, 15) is 0 Å². The van der Waals surface area contributed by atoms with Gasteiger partial charge in [0.05, 0.1) is 0 Å². The third-order valence-electron chi connectivity index (χ3n) is 4.24. The number of nitrogens with one attached hydrogen (secondary N) is 1. The van der Waals surface area contributed by atoms with Crippen molar-refractivity contribution >= 4 is 5.69 Å². The lowest BCUT2D eigenvalue weighted by molar-refractivity contribution is 0.484. The Morgan fingerprint density at radius 1 is 1.00 bits per heavy atom. The van der Waals surface area contributed by atoms with E-state index >= 15 is 0 Å². The van der Waals surface area contributed by atoms with Gasteiger partial charge in [0.15, 0.2) is 0 Å². The van der Waals surface area contributed by atoms with Gasteiger partial charge in [-0.1, -0.05) is 26.0 Å². The van der Waals surface area contributed by atoms with Crippen LogP contribution in [-0.4, -0.2) is 19.1 Å². The first-order valence-electron chi connectivity index (χ1n) is 7.90. The van der Waals surface area contributed by atoms with Gasteiger partial charge < -0.3 is 10.2 Å². The first kappa shape index (κ1) is 14.4. The van der Waals surface area contributed by atoms with Gasteiger partial charge in [-0.15, -0.1) is 0 Å². The number of anilines is 1. The molecule has 2 heteroatoms. The van der Waals surface area contributed by atoms with E-state index in [0.717, 1.165) is 6.54 Å². The third kappa shape index (κ3) is 4.24. The number of piperidine rings is 1. The normalized spacial score (nSPS) is 16.1. The van der Waals surface area contributed by atoms with Crippen molar-refractivity contribution < 1.29 is 0 Å². The fourth-order valence-corrected chi connectivity index (χ4v) is 2.82. The van der Waals surface area contributed by atoms with Crippen LogP contribution in [0.3, 0.4) is 0 Å². The van der Waals surface area contributed by atoms with E-state index in [0.29, 0.717) is 6.04 Å². The summed E-state index contributed by atoms with van der Waals surface area (Å²) in [6.45, 7) is 7.95. The molecule has 106 valence electrons. The molecule has 1 aliphatic rings. The highest BCUT2D eigenvalue weighted by Gasteiger charge is 2.10. The van der Waals surface area contributed by atoms with Crippen molar-refractivity contribution in [3.8, 4) is 0 Å². The highest BCUT2D eigenvalue weighted by atomic mass is 15.1. The first-order chi connectivity index (χ1) is 9.33. The highest BCUT2D eigenvalue weighted by molar-refractivity contribution is 5.47. The van der Waals surface area contributed by atoms with Crippen LogP contribution in [0.2, 0.25) is 0 Å². The van der Waals surface area contributed by atoms with E-state index in [-0.39, 0.29) is 0 Å². The first-order valence-corrected chi connectivity index (χ1v) is 7.90. The maximum Gasteiger partial charge on any atom is 0.0366 e. The van der Waals surface area contributed by atoms with Gasteiger partial charge in [0.25, 0.3) is 0 Å². The minimum absolute atomic E-state index is 0.654. The average Bonchev–Trinajstić information content (AvgIpc) is 2.50. The van der Waals surface area contributed by atoms with Gasteiger partial charge >= 0.3 is 0 Å². The van der Waals surface area contributed by atoms with Crippen LogP contribution in [-0.2, 0) is 6.54 Å². The molecule has 0 aliphatic carbocycles. The Balaban J connectivity index is 1.87. The van der Waals surface area contributed by atoms with Crippen molar-refractivity contribution in [1.29, 1.82) is 0 Å². The fraction of sp³-hybridized carbons (Fsp3) is 0.647. The van der Waals surface area contributed by atoms with Crippen LogP contribution in [0.25, 0.3) is 0 Å². The van der Waals surface area contributed by atoms with Crippen LogP contribution in [0.1, 0.15) is 51.5 Å². The number of hydrogen-bond acceptors (Lipinski definition) is 2. The zero-order valence-electron chi connectivity index (χ0n) is 12.5. The Morgan fingerprint density at radius 2 is 1.63 bits per heavy atom. The van der Waals surface area contributed by atoms with E-state index in [4.69, 9.17) is 0 Å². The summed E-state index contributed by atoms with van der Waals surface area (Å²) in [7, 11) is 0. The van der Waals surface area contributed by atoms with Gasteiger partial charge in [0, 0.05) is 31.4 Å². The van der Waals surface area contributed by atoms with Crippen LogP contribution < -0.4 is 10.2 Å². The quantitative estimate of drug-likeness (QED) is 0.833. The van der Waals surface area contributed by atoms with Gasteiger partial charge in [-0.05, 0) is 49.8 Å². The summed E-state index contributed by atoms with van der Waals surface area (Å²) in [5.74, 6) is 0. The Kier molecular flexibility index (Phi) is 5.71. The van der Waals surface area contributed by atoms with Gasteiger partial charge in [0.2, 0.25) is 0 Å². The summed E-state index contributed by atoms with van der Waals surface area (Å²) < 4.78 is 0. The van der Waals surface area contributed by atoms with Crippen LogP contribution in [0.15, 0.2) is 24.3 Å². The molecule has 1 aromatic carbocycles. The molecule has 1 heterocycles. The smallest absolute Gasteiger partial charge is 0.0366 e. The van der Waals surface area contributed by atoms with Gasteiger partial charge in [-0.25, -0.2) is 0 Å². The monoisotopic (exact) mass is 260 g/mol. The molecule has 0 radical (unpaired) electrons. The molecular weight excluding hydrogens is 232 g/mol. The van der Waals surface area contributed by atoms with Crippen molar-refractivity contribution in [2.24, 2.45) is 0 Å². The van der Waals surface area contributed by atoms with Crippen molar-refractivity contribution in [3.63, 3.8) is 0 Å². The van der Waals surface area contributed by atoms with E-state index in [1.165, 1.54) is 56.4 Å². The largest absolute Gasteiger partial charge is 0.372 e. The van der Waals surface area contributed by atoms with Gasteiger partial charge in [-0.3, -0.25) is 0 Å². The Morgan fingerprint density at radius 3 is 2.21 bits per heavy atom. The molecule has 0 spiro atoms. The van der Waals surface area contributed by atoms with Crippen molar-refractivity contribution in [3.05, 3.63) is 29.8 Å². The third-order valence-corrected chi connectivity index (χ3v) is 4.24. The highest BCUT2D eigenvalue weighted by Crippen LogP contribution is 2.20. The summed E-state index contributed by atoms with van der Waals surface area (Å²) in [6, 6.07) is 9.78. The lowest BCUT2D eigenvalue weighted by atomic mass is 10.1. The van der Waals surface area contributed by atoms with Crippen molar-refractivity contribution in [2.75, 3.05) is 18.0 Å². The van der Waals surface area contributed by atoms with Crippen LogP contribution in [0.4, 0.5) is 5.69 Å². The minimum atomic E-state index is 0.654. The lowest BCUT2D eigenvalue weighted by Gasteiger charge is -2.29. The Labute approximate surface area is 118 Å². The summed E-state index contributed by atoms with van der Waals surface area (Å²) in [5, 5.41) is 3.62. The van der Waals surface area contributed by atoms with E-state index in [1.54, 1.807) is 0 Å². The molecule has 2 nitrogen and oxygen atoms in total. The predicted molar refractivity (Wildman–Crippen MR) is 83.7 cm³/mol. The standard InChI is InChI=1S/C17H28N2/c1-3-16(4-2)18-14-15-8-10-17(11-9-15)19-12-6-5-7-13-19/h8-11,16,18H,3-7,12-14H2,1-2H3. The molecule has 0 bridgehead atoms. The van der Waals surface area contributed by atoms with E-state index in [2.05, 4.69) is 48.3 Å². The Bertz CT molecular complexity index is 348. The molecule has 0 aromatic heterocycles. The molecule has 0 unspecified atom stereocenters. The van der Waals surface area contributed by atoms with Crippen LogP contribution >= 0.6 is 0 Å². The van der Waals surface area contributed by atoms with Crippen molar-refractivity contribution in [2.45, 2.75) is 58.5 Å². The number of rotatable bonds is 6. The van der Waals surface area contributed by atoms with Gasteiger partial charge in [0.1, 0.15) is 0 Å². The summed E-state index contributed by atoms with van der Waals surface area (Å²) >= 11 is 0. The molecule has 1 aliphatic heterocycles. The van der Waals surface area contributed by atoms with Crippen molar-refractivity contribution in [1.82, 2.24) is 5.32 Å². The number of nitrogens with zero attached hydrogens (tertiary/aromatic N) is 1. The van der Waals surface area contributed by atoms with E-state index in [1.807, 2.05) is 0 Å². The molecule has 1 aromatic rings. The topological polar surface area (TPSA) is 15.3 Å². The zero-order valence-corrected chi connectivity index (χ0v) is 12.5. The van der Waals surface area contributed by atoms with E-state index < -0.39 is 0 Å². The summed E-state index contributed by atoms with van der Waals surface area (Å²) in [6.07, 6.45) is 6.51. The predicted octanol–water partition coefficient (Wildman–Crippen LogP) is 3.96. The second kappa shape index (κ2) is 7.54. The maximum atomic E-state index is 3.62. The molecule has 1 fully saturated rings. The number of benzene rings is 1. The minimum Gasteiger partial charge on any atom is -0.372 e. The lowest BCUT2D eigenvalue weighted by Crippen LogP contribution is -2.29. The van der Waals surface area contributed by atoms with Gasteiger partial charge in [-0.2, -0.15) is 0 Å². The Hall–Kier alpha value is -1.02. The second-order valence-corrected chi connectivity index (χ2v) is 5.61. The molecule has 1 saturated heterocycles. The molecule has 19 heavy (non-hydrogen) atoms. The molecule has 0 amide bonds. The maximum absolute atomic E-state index is 3.62. The fourth-order valence-electron chi connectivity index (χ4n) is 2.82. The van der Waals surface area contributed by atoms with Crippen LogP contribution in [0, 0.1) is 0 Å². The second-order valence-electron chi connectivity index (χ2n) is 5.61. The average molecular weight is 260 g/mol. The molecule has 0 saturated carbocycles. The SMILES string of the molecule is CCC(CC)NCc1ccc(N2CCCCC2)cc1. The summed E-state index contributed by atoms with van der Waals surface area (Å²) in [4.78, 5) is 2.52. The zero-order chi connectivity index (χ0) is 13.5. The molecule has 1 N–H and O–H groups in total. The number of hydrogen-bond donors (Lipinski definition) is 1. The molecule has 2 rings (SSSR count). The summed E-state index contributed by atoms with van der Waals surface area (Å²) in [5.41, 5.74) is 2.79. The van der Waals surface area contributed by atoms with Crippen LogP contribution in [0.5, 0.6) is 0 Å².